The lowest BCUT2D eigenvalue weighted by Crippen LogP contribution is -2.58. The summed E-state index contributed by atoms with van der Waals surface area (Å²) in [5, 5.41) is 0. The molecule has 87 heavy (non-hydrogen) atoms. The molecule has 0 fully saturated rings. The number of hydrogen-bond donors (Lipinski definition) is 0. The molecule has 4 aliphatic rings. The third kappa shape index (κ3) is 7.65. The number of anilines is 6. The molecule has 0 atom stereocenters. The average molecular weight is 1110 g/mol. The maximum atomic E-state index is 7.29. The quantitative estimate of drug-likeness (QED) is 0.127. The van der Waals surface area contributed by atoms with Crippen molar-refractivity contribution in [2.45, 2.75) is 24.7 Å². The molecular formula is C82H57BN2O2. The Labute approximate surface area is 508 Å². The molecule has 0 saturated carbocycles. The van der Waals surface area contributed by atoms with Gasteiger partial charge in [-0.1, -0.05) is 223 Å². The summed E-state index contributed by atoms with van der Waals surface area (Å²) in [6.45, 7) is 4.04. The summed E-state index contributed by atoms with van der Waals surface area (Å²) in [6.07, 6.45) is 0. The fourth-order valence-electron chi connectivity index (χ4n) is 15.1. The first-order valence-corrected chi connectivity index (χ1v) is 30.2. The van der Waals surface area contributed by atoms with Gasteiger partial charge in [-0.05, 0) is 189 Å². The summed E-state index contributed by atoms with van der Waals surface area (Å²) in [6, 6.07) is 114. The summed E-state index contributed by atoms with van der Waals surface area (Å²) in [5.74, 6) is 3.30. The van der Waals surface area contributed by atoms with Gasteiger partial charge in [0.15, 0.2) is 0 Å². The summed E-state index contributed by atoms with van der Waals surface area (Å²) >= 11 is 0. The number of fused-ring (bicyclic) bond motifs is 10. The van der Waals surface area contributed by atoms with Gasteiger partial charge >= 0.3 is 0 Å². The van der Waals surface area contributed by atoms with Crippen LogP contribution in [0.2, 0.25) is 0 Å². The van der Waals surface area contributed by atoms with Crippen molar-refractivity contribution >= 4 is 57.2 Å². The zero-order valence-corrected chi connectivity index (χ0v) is 48.2. The Kier molecular flexibility index (Phi) is 11.6. The van der Waals surface area contributed by atoms with Gasteiger partial charge < -0.3 is 19.3 Å². The molecule has 0 spiro atoms. The van der Waals surface area contributed by atoms with Crippen LogP contribution in [0.3, 0.4) is 0 Å². The highest BCUT2D eigenvalue weighted by molar-refractivity contribution is 6.98. The lowest BCUT2D eigenvalue weighted by Gasteiger charge is -2.38. The number of ether oxygens (including phenoxy) is 2. The second-order valence-electron chi connectivity index (χ2n) is 23.6. The minimum absolute atomic E-state index is 0.253. The lowest BCUT2D eigenvalue weighted by molar-refractivity contribution is 0.464. The summed E-state index contributed by atoms with van der Waals surface area (Å²) < 4.78 is 14.6. The van der Waals surface area contributed by atoms with E-state index in [2.05, 4.69) is 333 Å². The fraction of sp³-hybridized carbons (Fsp3) is 0.0488. The molecule has 2 aliphatic carbocycles. The normalized spacial score (nSPS) is 13.7. The van der Waals surface area contributed by atoms with Gasteiger partial charge in [0, 0.05) is 39.6 Å². The lowest BCUT2D eigenvalue weighted by atomic mass is 9.34. The maximum absolute atomic E-state index is 7.29. The number of hydrogen-bond acceptors (Lipinski definition) is 4. The average Bonchev–Trinajstić information content (AvgIpc) is 1.59. The van der Waals surface area contributed by atoms with Crippen molar-refractivity contribution in [1.82, 2.24) is 0 Å². The summed E-state index contributed by atoms with van der Waals surface area (Å²) in [7, 11) is 0. The van der Waals surface area contributed by atoms with Crippen LogP contribution in [-0.2, 0) is 10.8 Å². The van der Waals surface area contributed by atoms with E-state index in [0.29, 0.717) is 0 Å². The van der Waals surface area contributed by atoms with Crippen molar-refractivity contribution in [3.8, 4) is 45.3 Å². The second kappa shape index (κ2) is 19.9. The first-order chi connectivity index (χ1) is 42.9. The molecule has 0 saturated heterocycles. The molecule has 4 nitrogen and oxygen atoms in total. The van der Waals surface area contributed by atoms with E-state index in [9.17, 15) is 0 Å². The molecule has 0 radical (unpaired) electrons. The van der Waals surface area contributed by atoms with Gasteiger partial charge in [0.2, 0.25) is 0 Å². The molecule has 0 unspecified atom stereocenters. The first kappa shape index (κ1) is 50.6. The third-order valence-corrected chi connectivity index (χ3v) is 18.8. The predicted octanol–water partition coefficient (Wildman–Crippen LogP) is 18.7. The number of nitrogens with zero attached hydrogens (tertiary/aromatic N) is 2. The van der Waals surface area contributed by atoms with Crippen LogP contribution < -0.4 is 35.7 Å². The molecule has 0 aromatic heterocycles. The van der Waals surface area contributed by atoms with Crippen molar-refractivity contribution in [1.29, 1.82) is 0 Å². The highest BCUT2D eigenvalue weighted by Crippen LogP contribution is 2.61. The van der Waals surface area contributed by atoms with Gasteiger partial charge in [0.25, 0.3) is 6.71 Å². The van der Waals surface area contributed by atoms with Crippen molar-refractivity contribution in [2.75, 3.05) is 9.80 Å². The summed E-state index contributed by atoms with van der Waals surface area (Å²) in [5.41, 5.74) is 25.0. The van der Waals surface area contributed by atoms with Crippen LogP contribution in [0.15, 0.2) is 309 Å². The number of benzene rings is 13. The second-order valence-corrected chi connectivity index (χ2v) is 23.6. The van der Waals surface area contributed by atoms with Crippen LogP contribution >= 0.6 is 0 Å². The minimum atomic E-state index is -0.735. The highest BCUT2D eigenvalue weighted by Gasteiger charge is 2.52. The molecule has 2 heterocycles. The van der Waals surface area contributed by atoms with Crippen LogP contribution in [0.5, 0.6) is 23.0 Å². The van der Waals surface area contributed by atoms with E-state index in [1.165, 1.54) is 66.8 Å². The molecular weight excluding hydrogens is 1060 g/mol. The van der Waals surface area contributed by atoms with Crippen LogP contribution in [0.1, 0.15) is 55.6 Å². The van der Waals surface area contributed by atoms with E-state index in [1.807, 2.05) is 0 Å². The van der Waals surface area contributed by atoms with E-state index in [1.54, 1.807) is 0 Å². The number of rotatable bonds is 10. The number of aryl methyl sites for hydroxylation is 2. The van der Waals surface area contributed by atoms with E-state index in [4.69, 9.17) is 9.47 Å². The molecule has 2 aliphatic heterocycles. The molecule has 13 aromatic rings. The monoisotopic (exact) mass is 1110 g/mol. The molecule has 410 valence electrons. The zero-order chi connectivity index (χ0) is 57.8. The summed E-state index contributed by atoms with van der Waals surface area (Å²) in [4.78, 5) is 4.78. The first-order valence-electron chi connectivity index (χ1n) is 30.2. The van der Waals surface area contributed by atoms with Crippen molar-refractivity contribution in [3.63, 3.8) is 0 Å². The SMILES string of the molecule is Cc1ccc(N(c2ccccc2)c2ccc3c(c2)C(c2ccccc2)(c2ccccc2)c2cc4c(cc2-3)Oc2cccc3c2B4c2cc4c(cc2O3)-c2ccc(N(c3ccccc3)c3ccc(C)cc3)cc2C4(c2ccccc2)c2ccccc2)cc1. The van der Waals surface area contributed by atoms with Gasteiger partial charge in [0.1, 0.15) is 23.0 Å². The molecule has 0 amide bonds. The molecule has 17 rings (SSSR count). The minimum Gasteiger partial charge on any atom is -0.458 e. The Morgan fingerprint density at radius 2 is 0.575 bits per heavy atom. The van der Waals surface area contributed by atoms with Crippen molar-refractivity contribution in [2.24, 2.45) is 0 Å². The van der Waals surface area contributed by atoms with Crippen LogP contribution in [0.4, 0.5) is 34.1 Å². The van der Waals surface area contributed by atoms with Gasteiger partial charge in [-0.3, -0.25) is 0 Å². The number of para-hydroxylation sites is 2. The predicted molar refractivity (Wildman–Crippen MR) is 358 cm³/mol. The molecule has 0 N–H and O–H groups in total. The standard InChI is InChI=1S/C82H57BN2O2/c1-54-36-40-62(41-37-54)84(60-30-17-7-18-31-60)64-44-46-66-68-50-78-74(52-72(68)81(70(66)48-64,56-22-9-3-10-23-56)57-24-11-4-12-25-57)83-75-53-73-69(51-79(75)87-77-35-21-34-76(86-78)80(77)83)67-47-45-65(85(61-32-19-8-20-33-61)63-42-38-55(2)39-43-63)49-71(67)82(73,58-26-13-5-14-27-58)59-28-15-6-16-29-59/h3-53H,1-2H3. The molecule has 13 aromatic carbocycles. The Balaban J connectivity index is 0.911. The van der Waals surface area contributed by atoms with Gasteiger partial charge in [-0.15, -0.1) is 0 Å². The van der Waals surface area contributed by atoms with Crippen LogP contribution in [-0.4, -0.2) is 6.71 Å². The Morgan fingerprint density at radius 1 is 0.264 bits per heavy atom. The Morgan fingerprint density at radius 3 is 0.931 bits per heavy atom. The van der Waals surface area contributed by atoms with Gasteiger partial charge in [-0.25, -0.2) is 0 Å². The van der Waals surface area contributed by atoms with Gasteiger partial charge in [0.05, 0.1) is 10.8 Å². The zero-order valence-electron chi connectivity index (χ0n) is 48.2. The molecule has 0 bridgehead atoms. The van der Waals surface area contributed by atoms with Crippen molar-refractivity contribution < 1.29 is 9.47 Å². The fourth-order valence-corrected chi connectivity index (χ4v) is 15.1. The topological polar surface area (TPSA) is 24.9 Å². The van der Waals surface area contributed by atoms with Gasteiger partial charge in [-0.2, -0.15) is 0 Å². The Bertz CT molecular complexity index is 4420. The van der Waals surface area contributed by atoms with E-state index < -0.39 is 10.8 Å². The molecule has 5 heteroatoms. The largest absolute Gasteiger partial charge is 0.458 e. The maximum Gasteiger partial charge on any atom is 0.260 e. The van der Waals surface area contributed by atoms with Crippen molar-refractivity contribution in [3.05, 3.63) is 365 Å². The smallest absolute Gasteiger partial charge is 0.260 e. The van der Waals surface area contributed by atoms with E-state index >= 15 is 0 Å². The van der Waals surface area contributed by atoms with Crippen LogP contribution in [0.25, 0.3) is 22.3 Å². The van der Waals surface area contributed by atoms with E-state index in [-0.39, 0.29) is 6.71 Å². The third-order valence-electron chi connectivity index (χ3n) is 18.8. The Hall–Kier alpha value is -10.9. The van der Waals surface area contributed by atoms with E-state index in [0.717, 1.165) is 84.6 Å². The van der Waals surface area contributed by atoms with Crippen LogP contribution in [0, 0.1) is 13.8 Å². The highest BCUT2D eigenvalue weighted by atomic mass is 16.5.